The molecule has 7 heteroatoms. The normalized spacial score (nSPS) is 11.4. The van der Waals surface area contributed by atoms with Gasteiger partial charge >= 0.3 is 0 Å². The van der Waals surface area contributed by atoms with E-state index in [4.69, 9.17) is 4.42 Å². The van der Waals surface area contributed by atoms with Crippen molar-refractivity contribution in [3.05, 3.63) is 36.4 Å². The van der Waals surface area contributed by atoms with Gasteiger partial charge in [-0.1, -0.05) is 28.1 Å². The van der Waals surface area contributed by atoms with E-state index in [1.165, 1.54) is 0 Å². The minimum absolute atomic E-state index is 0.135. The summed E-state index contributed by atoms with van der Waals surface area (Å²) in [5.74, 6) is 0.592. The molecule has 0 spiro atoms. The van der Waals surface area contributed by atoms with Gasteiger partial charge in [0.25, 0.3) is 0 Å². The Labute approximate surface area is 113 Å². The summed E-state index contributed by atoms with van der Waals surface area (Å²) in [4.78, 5) is 4.19. The molecule has 0 unspecified atom stereocenters. The first-order chi connectivity index (χ1) is 8.50. The summed E-state index contributed by atoms with van der Waals surface area (Å²) in [6.07, 6.45) is 1.56. The van der Waals surface area contributed by atoms with E-state index in [1.54, 1.807) is 37.5 Å². The highest BCUT2D eigenvalue weighted by atomic mass is 79.9. The Morgan fingerprint density at radius 2 is 2.00 bits per heavy atom. The quantitative estimate of drug-likeness (QED) is 0.875. The summed E-state index contributed by atoms with van der Waals surface area (Å²) in [7, 11) is -3.31. The van der Waals surface area contributed by atoms with E-state index in [2.05, 4.69) is 25.6 Å². The summed E-state index contributed by atoms with van der Waals surface area (Å²) < 4.78 is 30.1. The molecule has 0 bridgehead atoms. The van der Waals surface area contributed by atoms with Gasteiger partial charge in [0.1, 0.15) is 16.6 Å². The molecule has 0 aliphatic rings. The average Bonchev–Trinajstić information content (AvgIpc) is 2.76. The highest BCUT2D eigenvalue weighted by Crippen LogP contribution is 2.21. The van der Waals surface area contributed by atoms with Gasteiger partial charge in [-0.05, 0) is 12.1 Å². The number of nitrogens with zero attached hydrogens (tertiary/aromatic N) is 1. The van der Waals surface area contributed by atoms with Gasteiger partial charge in [0.15, 0.2) is 5.89 Å². The molecule has 1 aromatic heterocycles. The van der Waals surface area contributed by atoms with Crippen molar-refractivity contribution in [2.75, 3.05) is 9.38 Å². The molecule has 18 heavy (non-hydrogen) atoms. The molecular weight excluding hydrogens is 320 g/mol. The number of hydrogen-bond acceptors (Lipinski definition) is 4. The highest BCUT2D eigenvalue weighted by molar-refractivity contribution is 9.10. The molecule has 0 radical (unpaired) electrons. The SMILES string of the molecule is Cc1nc(-c2ccc(NS(=O)(=O)CBr)cc2)co1. The van der Waals surface area contributed by atoms with E-state index in [9.17, 15) is 8.42 Å². The van der Waals surface area contributed by atoms with Crippen LogP contribution in [0.15, 0.2) is 34.9 Å². The molecule has 0 saturated heterocycles. The van der Waals surface area contributed by atoms with Crippen LogP contribution in [0.4, 0.5) is 5.69 Å². The number of aromatic nitrogens is 1. The van der Waals surface area contributed by atoms with Crippen molar-refractivity contribution in [2.45, 2.75) is 6.92 Å². The Kier molecular flexibility index (Phi) is 3.72. The van der Waals surface area contributed by atoms with Crippen molar-refractivity contribution in [2.24, 2.45) is 0 Å². The molecule has 2 rings (SSSR count). The van der Waals surface area contributed by atoms with Crippen LogP contribution in [-0.2, 0) is 10.0 Å². The van der Waals surface area contributed by atoms with Gasteiger partial charge in [-0.3, -0.25) is 4.72 Å². The fraction of sp³-hybridized carbons (Fsp3) is 0.182. The third kappa shape index (κ3) is 3.11. The number of nitrogens with one attached hydrogen (secondary N) is 1. The Hall–Kier alpha value is -1.34. The summed E-state index contributed by atoms with van der Waals surface area (Å²) >= 11 is 2.91. The average molecular weight is 331 g/mol. The van der Waals surface area contributed by atoms with Gasteiger partial charge in [-0.15, -0.1) is 0 Å². The molecule has 0 fully saturated rings. The fourth-order valence-corrected chi connectivity index (χ4v) is 2.31. The predicted octanol–water partition coefficient (Wildman–Crippen LogP) is 2.74. The smallest absolute Gasteiger partial charge is 0.242 e. The Bertz CT molecular complexity index is 635. The predicted molar refractivity (Wildman–Crippen MR) is 73.0 cm³/mol. The Morgan fingerprint density at radius 1 is 1.33 bits per heavy atom. The molecule has 2 aromatic rings. The maximum absolute atomic E-state index is 11.3. The lowest BCUT2D eigenvalue weighted by atomic mass is 10.1. The van der Waals surface area contributed by atoms with Crippen LogP contribution in [-0.4, -0.2) is 18.1 Å². The number of hydrogen-bond donors (Lipinski definition) is 1. The van der Waals surface area contributed by atoms with E-state index >= 15 is 0 Å². The molecule has 1 N–H and O–H groups in total. The van der Waals surface area contributed by atoms with E-state index in [1.807, 2.05) is 0 Å². The van der Waals surface area contributed by atoms with Gasteiger partial charge in [-0.25, -0.2) is 13.4 Å². The molecule has 96 valence electrons. The van der Waals surface area contributed by atoms with Gasteiger partial charge in [0.2, 0.25) is 10.0 Å². The summed E-state index contributed by atoms with van der Waals surface area (Å²) in [6.45, 7) is 1.77. The van der Waals surface area contributed by atoms with Crippen LogP contribution in [0.2, 0.25) is 0 Å². The van der Waals surface area contributed by atoms with Crippen LogP contribution < -0.4 is 4.72 Å². The van der Waals surface area contributed by atoms with Crippen LogP contribution in [0.1, 0.15) is 5.89 Å². The first-order valence-corrected chi connectivity index (χ1v) is 7.86. The second kappa shape index (κ2) is 5.11. The maximum atomic E-state index is 11.3. The van der Waals surface area contributed by atoms with Crippen molar-refractivity contribution in [3.63, 3.8) is 0 Å². The second-order valence-electron chi connectivity index (χ2n) is 3.66. The molecule has 0 aliphatic carbocycles. The number of oxazole rings is 1. The largest absolute Gasteiger partial charge is 0.449 e. The number of sulfonamides is 1. The van der Waals surface area contributed by atoms with Crippen molar-refractivity contribution in [1.82, 2.24) is 4.98 Å². The minimum Gasteiger partial charge on any atom is -0.449 e. The lowest BCUT2D eigenvalue weighted by molar-refractivity contribution is 0.521. The van der Waals surface area contributed by atoms with Crippen LogP contribution in [0, 0.1) is 6.92 Å². The summed E-state index contributed by atoms with van der Waals surface area (Å²) in [6, 6.07) is 6.92. The van der Waals surface area contributed by atoms with E-state index < -0.39 is 10.0 Å². The Morgan fingerprint density at radius 3 is 2.50 bits per heavy atom. The topological polar surface area (TPSA) is 72.2 Å². The first kappa shape index (κ1) is 13.1. The second-order valence-corrected chi connectivity index (χ2v) is 6.68. The molecule has 0 atom stereocenters. The molecule has 0 aliphatic heterocycles. The van der Waals surface area contributed by atoms with Gasteiger partial charge in [0, 0.05) is 18.2 Å². The van der Waals surface area contributed by atoms with Gasteiger partial charge in [0.05, 0.1) is 0 Å². The standard InChI is InChI=1S/C11H11BrN2O3S/c1-8-13-11(6-17-8)9-2-4-10(5-3-9)14-18(15,16)7-12/h2-6,14H,7H2,1H3. The minimum atomic E-state index is -3.31. The summed E-state index contributed by atoms with van der Waals surface area (Å²) in [5, 5.41) is 0. The third-order valence-corrected chi connectivity index (χ3v) is 4.86. The zero-order chi connectivity index (χ0) is 13.2. The van der Waals surface area contributed by atoms with Crippen LogP contribution in [0.25, 0.3) is 11.3 Å². The van der Waals surface area contributed by atoms with Crippen LogP contribution >= 0.6 is 15.9 Å². The fourth-order valence-electron chi connectivity index (χ4n) is 1.41. The molecule has 1 aromatic carbocycles. The number of anilines is 1. The molecule has 0 amide bonds. The number of aryl methyl sites for hydroxylation is 1. The maximum Gasteiger partial charge on any atom is 0.242 e. The highest BCUT2D eigenvalue weighted by Gasteiger charge is 2.08. The van der Waals surface area contributed by atoms with Crippen LogP contribution in [0.3, 0.4) is 0 Å². The number of alkyl halides is 1. The number of halogens is 1. The van der Waals surface area contributed by atoms with Gasteiger partial charge in [-0.2, -0.15) is 0 Å². The number of rotatable bonds is 4. The van der Waals surface area contributed by atoms with Gasteiger partial charge < -0.3 is 4.42 Å². The lowest BCUT2D eigenvalue weighted by Gasteiger charge is -2.05. The molecule has 1 heterocycles. The first-order valence-electron chi connectivity index (χ1n) is 5.09. The van der Waals surface area contributed by atoms with Crippen LogP contribution in [0.5, 0.6) is 0 Å². The van der Waals surface area contributed by atoms with E-state index in [0.29, 0.717) is 11.6 Å². The monoisotopic (exact) mass is 330 g/mol. The van der Waals surface area contributed by atoms with E-state index in [0.717, 1.165) is 11.3 Å². The van der Waals surface area contributed by atoms with Crippen molar-refractivity contribution in [1.29, 1.82) is 0 Å². The molecule has 0 saturated carbocycles. The summed E-state index contributed by atoms with van der Waals surface area (Å²) in [5.41, 5.74) is 2.11. The zero-order valence-electron chi connectivity index (χ0n) is 9.55. The zero-order valence-corrected chi connectivity index (χ0v) is 12.0. The Balaban J connectivity index is 2.20. The molecular formula is C11H11BrN2O3S. The molecule has 5 nitrogen and oxygen atoms in total. The third-order valence-electron chi connectivity index (χ3n) is 2.22. The van der Waals surface area contributed by atoms with Crippen molar-refractivity contribution >= 4 is 31.6 Å². The number of benzene rings is 1. The van der Waals surface area contributed by atoms with Crippen molar-refractivity contribution < 1.29 is 12.8 Å². The van der Waals surface area contributed by atoms with Crippen molar-refractivity contribution in [3.8, 4) is 11.3 Å². The lowest BCUT2D eigenvalue weighted by Crippen LogP contribution is -2.12. The van der Waals surface area contributed by atoms with E-state index in [-0.39, 0.29) is 4.66 Å².